The summed E-state index contributed by atoms with van der Waals surface area (Å²) in [6, 6.07) is 0. The van der Waals surface area contributed by atoms with Gasteiger partial charge >= 0.3 is 0 Å². The van der Waals surface area contributed by atoms with E-state index in [4.69, 9.17) is 9.47 Å². The van der Waals surface area contributed by atoms with Gasteiger partial charge in [0.15, 0.2) is 5.78 Å². The Labute approximate surface area is 78.4 Å². The molecule has 74 valence electrons. The number of Topliss-reactive ketones (excluding diaryl/α,β-unsaturated/α-hetero) is 1. The molecule has 2 aliphatic rings. The fourth-order valence-electron chi connectivity index (χ4n) is 1.72. The minimum absolute atomic E-state index is 0.0535. The van der Waals surface area contributed by atoms with E-state index in [0.29, 0.717) is 19.1 Å². The Kier molecular flexibility index (Phi) is 2.65. The Bertz CT molecular complexity index is 198. The SMILES string of the molecule is CCOC1C(=O)CC1OC1CCC1. The summed E-state index contributed by atoms with van der Waals surface area (Å²) in [5, 5.41) is 0. The zero-order chi connectivity index (χ0) is 9.26. The third-order valence-electron chi connectivity index (χ3n) is 2.82. The minimum Gasteiger partial charge on any atom is -0.371 e. The van der Waals surface area contributed by atoms with Crippen LogP contribution < -0.4 is 0 Å². The second-order valence-electron chi connectivity index (χ2n) is 3.77. The second-order valence-corrected chi connectivity index (χ2v) is 3.77. The quantitative estimate of drug-likeness (QED) is 0.660. The molecule has 0 aromatic carbocycles. The van der Waals surface area contributed by atoms with E-state index in [-0.39, 0.29) is 18.0 Å². The van der Waals surface area contributed by atoms with Crippen molar-refractivity contribution in [1.29, 1.82) is 0 Å². The highest BCUT2D eigenvalue weighted by Gasteiger charge is 2.43. The molecule has 0 bridgehead atoms. The molecule has 0 aromatic rings. The van der Waals surface area contributed by atoms with Crippen LogP contribution in [0.4, 0.5) is 0 Å². The molecule has 2 rings (SSSR count). The summed E-state index contributed by atoms with van der Waals surface area (Å²) in [6.07, 6.45) is 4.34. The van der Waals surface area contributed by atoms with Gasteiger partial charge in [-0.05, 0) is 26.2 Å². The van der Waals surface area contributed by atoms with Crippen LogP contribution in [-0.4, -0.2) is 30.7 Å². The fraction of sp³-hybridized carbons (Fsp3) is 0.900. The summed E-state index contributed by atoms with van der Waals surface area (Å²) < 4.78 is 11.0. The van der Waals surface area contributed by atoms with Crippen LogP contribution >= 0.6 is 0 Å². The summed E-state index contributed by atoms with van der Waals surface area (Å²) in [5.74, 6) is 0.200. The van der Waals surface area contributed by atoms with Crippen molar-refractivity contribution in [2.45, 2.75) is 50.9 Å². The molecule has 2 atom stereocenters. The normalized spacial score (nSPS) is 34.1. The molecule has 0 saturated heterocycles. The highest BCUT2D eigenvalue weighted by molar-refractivity contribution is 5.90. The molecule has 2 unspecified atom stereocenters. The topological polar surface area (TPSA) is 35.5 Å². The van der Waals surface area contributed by atoms with Gasteiger partial charge in [0.25, 0.3) is 0 Å². The molecule has 3 heteroatoms. The minimum atomic E-state index is -0.259. The highest BCUT2D eigenvalue weighted by atomic mass is 16.6. The summed E-state index contributed by atoms with van der Waals surface area (Å²) in [7, 11) is 0. The highest BCUT2D eigenvalue weighted by Crippen LogP contribution is 2.30. The van der Waals surface area contributed by atoms with E-state index in [1.54, 1.807) is 0 Å². The van der Waals surface area contributed by atoms with Crippen molar-refractivity contribution in [3.05, 3.63) is 0 Å². The van der Waals surface area contributed by atoms with E-state index in [2.05, 4.69) is 0 Å². The molecule has 0 aliphatic heterocycles. The molecule has 0 amide bonds. The number of carbonyl (C=O) groups excluding carboxylic acids is 1. The van der Waals surface area contributed by atoms with Crippen molar-refractivity contribution in [2.75, 3.05) is 6.61 Å². The number of hydrogen-bond donors (Lipinski definition) is 0. The number of ether oxygens (including phenoxy) is 2. The number of ketones is 1. The zero-order valence-corrected chi connectivity index (χ0v) is 7.99. The predicted molar refractivity (Wildman–Crippen MR) is 47.6 cm³/mol. The van der Waals surface area contributed by atoms with E-state index < -0.39 is 0 Å². The summed E-state index contributed by atoms with van der Waals surface area (Å²) in [6.45, 7) is 2.51. The first-order valence-electron chi connectivity index (χ1n) is 5.11. The molecule has 2 aliphatic carbocycles. The molecule has 13 heavy (non-hydrogen) atoms. The molecule has 2 saturated carbocycles. The standard InChI is InChI=1S/C10H16O3/c1-2-12-10-8(11)6-9(10)13-7-4-3-5-7/h7,9-10H,2-6H2,1H3. The van der Waals surface area contributed by atoms with Crippen molar-refractivity contribution in [3.63, 3.8) is 0 Å². The van der Waals surface area contributed by atoms with Crippen molar-refractivity contribution in [2.24, 2.45) is 0 Å². The lowest BCUT2D eigenvalue weighted by Gasteiger charge is -2.39. The summed E-state index contributed by atoms with van der Waals surface area (Å²) in [4.78, 5) is 11.1. The maximum absolute atomic E-state index is 11.1. The molecule has 0 heterocycles. The summed E-state index contributed by atoms with van der Waals surface area (Å²) in [5.41, 5.74) is 0. The van der Waals surface area contributed by atoms with Crippen LogP contribution in [0.25, 0.3) is 0 Å². The first-order valence-corrected chi connectivity index (χ1v) is 5.11. The van der Waals surface area contributed by atoms with E-state index >= 15 is 0 Å². The Morgan fingerprint density at radius 2 is 2.23 bits per heavy atom. The zero-order valence-electron chi connectivity index (χ0n) is 7.99. The molecule has 0 radical (unpaired) electrons. The van der Waals surface area contributed by atoms with Gasteiger partial charge in [0.1, 0.15) is 6.10 Å². The largest absolute Gasteiger partial charge is 0.371 e. The molecule has 2 fully saturated rings. The van der Waals surface area contributed by atoms with Crippen LogP contribution in [0.15, 0.2) is 0 Å². The van der Waals surface area contributed by atoms with Crippen molar-refractivity contribution >= 4 is 5.78 Å². The maximum Gasteiger partial charge on any atom is 0.166 e. The van der Waals surface area contributed by atoms with Gasteiger partial charge in [0.05, 0.1) is 12.2 Å². The first kappa shape index (κ1) is 9.16. The van der Waals surface area contributed by atoms with Gasteiger partial charge in [-0.15, -0.1) is 0 Å². The number of carbonyl (C=O) groups is 1. The van der Waals surface area contributed by atoms with Crippen molar-refractivity contribution in [3.8, 4) is 0 Å². The molecule has 0 N–H and O–H groups in total. The lowest BCUT2D eigenvalue weighted by atomic mass is 9.88. The molecule has 0 spiro atoms. The van der Waals surface area contributed by atoms with Gasteiger partial charge in [-0.1, -0.05) is 0 Å². The van der Waals surface area contributed by atoms with Crippen LogP contribution in [-0.2, 0) is 14.3 Å². The molecule has 0 aromatic heterocycles. The predicted octanol–water partition coefficient (Wildman–Crippen LogP) is 1.30. The van der Waals surface area contributed by atoms with Crippen LogP contribution in [0.3, 0.4) is 0 Å². The third-order valence-corrected chi connectivity index (χ3v) is 2.82. The monoisotopic (exact) mass is 184 g/mol. The van der Waals surface area contributed by atoms with E-state index in [1.165, 1.54) is 6.42 Å². The van der Waals surface area contributed by atoms with Crippen LogP contribution in [0, 0.1) is 0 Å². The number of rotatable bonds is 4. The van der Waals surface area contributed by atoms with Crippen LogP contribution in [0.2, 0.25) is 0 Å². The Hall–Kier alpha value is -0.410. The first-order chi connectivity index (χ1) is 6.31. The lowest BCUT2D eigenvalue weighted by Crippen LogP contribution is -2.52. The molecular formula is C10H16O3. The Morgan fingerprint density at radius 3 is 2.69 bits per heavy atom. The fourth-order valence-corrected chi connectivity index (χ4v) is 1.72. The van der Waals surface area contributed by atoms with Crippen LogP contribution in [0.1, 0.15) is 32.6 Å². The van der Waals surface area contributed by atoms with E-state index in [1.807, 2.05) is 6.92 Å². The van der Waals surface area contributed by atoms with Crippen molar-refractivity contribution in [1.82, 2.24) is 0 Å². The second kappa shape index (κ2) is 3.76. The average Bonchev–Trinajstić information content (AvgIpc) is 2.04. The van der Waals surface area contributed by atoms with Crippen molar-refractivity contribution < 1.29 is 14.3 Å². The van der Waals surface area contributed by atoms with E-state index in [0.717, 1.165) is 12.8 Å². The van der Waals surface area contributed by atoms with Gasteiger partial charge < -0.3 is 9.47 Å². The van der Waals surface area contributed by atoms with Gasteiger partial charge in [-0.2, -0.15) is 0 Å². The average molecular weight is 184 g/mol. The Morgan fingerprint density at radius 1 is 1.46 bits per heavy atom. The maximum atomic E-state index is 11.1. The van der Waals surface area contributed by atoms with Gasteiger partial charge in [-0.3, -0.25) is 4.79 Å². The van der Waals surface area contributed by atoms with E-state index in [9.17, 15) is 4.79 Å². The molecular weight excluding hydrogens is 168 g/mol. The summed E-state index contributed by atoms with van der Waals surface area (Å²) >= 11 is 0. The smallest absolute Gasteiger partial charge is 0.166 e. The van der Waals surface area contributed by atoms with Crippen LogP contribution in [0.5, 0.6) is 0 Å². The Balaban J connectivity index is 1.76. The lowest BCUT2D eigenvalue weighted by molar-refractivity contribution is -0.178. The van der Waals surface area contributed by atoms with Gasteiger partial charge in [-0.25, -0.2) is 0 Å². The molecule has 3 nitrogen and oxygen atoms in total. The third kappa shape index (κ3) is 1.76. The van der Waals surface area contributed by atoms with Gasteiger partial charge in [0.2, 0.25) is 0 Å². The van der Waals surface area contributed by atoms with Gasteiger partial charge in [0, 0.05) is 13.0 Å². The number of hydrogen-bond acceptors (Lipinski definition) is 3.